The largest absolute Gasteiger partial charge is 0.361 e. The van der Waals surface area contributed by atoms with E-state index < -0.39 is 20.0 Å². The van der Waals surface area contributed by atoms with Crippen LogP contribution in [0.15, 0.2) is 64.5 Å². The van der Waals surface area contributed by atoms with Crippen LogP contribution in [0.3, 0.4) is 0 Å². The van der Waals surface area contributed by atoms with Crippen molar-refractivity contribution in [3.05, 3.63) is 54.7 Å². The molecule has 0 amide bonds. The molecule has 1 aliphatic heterocycles. The van der Waals surface area contributed by atoms with E-state index in [1.54, 1.807) is 24.4 Å². The highest BCUT2D eigenvalue weighted by Crippen LogP contribution is 2.26. The van der Waals surface area contributed by atoms with Crippen molar-refractivity contribution in [3.63, 3.8) is 0 Å². The zero-order valence-corrected chi connectivity index (χ0v) is 16.1. The molecule has 1 aliphatic rings. The molecule has 0 aliphatic carbocycles. The summed E-state index contributed by atoms with van der Waals surface area (Å²) in [5.41, 5.74) is 1.28. The van der Waals surface area contributed by atoms with Crippen molar-refractivity contribution in [2.75, 3.05) is 17.8 Å². The highest BCUT2D eigenvalue weighted by Gasteiger charge is 2.27. The van der Waals surface area contributed by atoms with Crippen LogP contribution in [0.1, 0.15) is 12.8 Å². The highest BCUT2D eigenvalue weighted by molar-refractivity contribution is 7.92. The number of aromatic nitrogens is 1. The van der Waals surface area contributed by atoms with Crippen LogP contribution < -0.4 is 4.72 Å². The molecule has 1 saturated heterocycles. The number of sulfonamides is 2. The zero-order valence-electron chi connectivity index (χ0n) is 14.4. The second-order valence-electron chi connectivity index (χ2n) is 6.43. The minimum absolute atomic E-state index is 0.00964. The monoisotopic (exact) mass is 405 g/mol. The molecule has 1 aromatic heterocycles. The second kappa shape index (κ2) is 6.66. The average Bonchev–Trinajstić information content (AvgIpc) is 3.34. The third kappa shape index (κ3) is 3.33. The topological polar surface area (TPSA) is 99.3 Å². The maximum Gasteiger partial charge on any atom is 0.261 e. The lowest BCUT2D eigenvalue weighted by Gasteiger charge is -2.16. The number of nitrogens with zero attached hydrogens (tertiary/aromatic N) is 1. The number of benzene rings is 2. The smallest absolute Gasteiger partial charge is 0.261 e. The van der Waals surface area contributed by atoms with Crippen LogP contribution in [0.5, 0.6) is 0 Å². The maximum absolute atomic E-state index is 12.7. The highest BCUT2D eigenvalue weighted by atomic mass is 32.2. The Morgan fingerprint density at radius 3 is 2.22 bits per heavy atom. The summed E-state index contributed by atoms with van der Waals surface area (Å²) in [5, 5.41) is 0.759. The van der Waals surface area contributed by atoms with E-state index >= 15 is 0 Å². The molecule has 7 nitrogen and oxygen atoms in total. The Balaban J connectivity index is 1.62. The molecule has 142 valence electrons. The lowest BCUT2D eigenvalue weighted by Crippen LogP contribution is -2.27. The number of aromatic amines is 1. The molecule has 0 spiro atoms. The van der Waals surface area contributed by atoms with Crippen molar-refractivity contribution in [2.45, 2.75) is 22.6 Å². The number of rotatable bonds is 5. The van der Waals surface area contributed by atoms with Gasteiger partial charge in [-0.15, -0.1) is 0 Å². The third-order valence-corrected chi connectivity index (χ3v) is 7.97. The quantitative estimate of drug-likeness (QED) is 0.682. The first-order valence-corrected chi connectivity index (χ1v) is 11.5. The van der Waals surface area contributed by atoms with Gasteiger partial charge in [0.15, 0.2) is 0 Å². The normalized spacial score (nSPS) is 16.0. The van der Waals surface area contributed by atoms with Gasteiger partial charge < -0.3 is 4.98 Å². The summed E-state index contributed by atoms with van der Waals surface area (Å²) in [7, 11) is -7.40. The van der Waals surface area contributed by atoms with E-state index in [4.69, 9.17) is 0 Å². The van der Waals surface area contributed by atoms with Crippen LogP contribution in [0.4, 0.5) is 5.69 Å². The van der Waals surface area contributed by atoms with Gasteiger partial charge in [0.25, 0.3) is 10.0 Å². The molecule has 0 radical (unpaired) electrons. The number of hydrogen-bond acceptors (Lipinski definition) is 4. The Labute approximate surface area is 158 Å². The SMILES string of the molecule is O=S(=O)(Nc1cccc2[nH]ccc12)c1ccc(S(=O)(=O)N2CCCC2)cc1. The van der Waals surface area contributed by atoms with Gasteiger partial charge in [-0.2, -0.15) is 4.31 Å². The molecule has 3 aromatic rings. The van der Waals surface area contributed by atoms with Crippen LogP contribution in [-0.4, -0.2) is 39.2 Å². The van der Waals surface area contributed by atoms with Crippen LogP contribution in [-0.2, 0) is 20.0 Å². The molecule has 27 heavy (non-hydrogen) atoms. The first kappa shape index (κ1) is 18.0. The number of fused-ring (bicyclic) bond motifs is 1. The fraction of sp³-hybridized carbons (Fsp3) is 0.222. The molecule has 0 unspecified atom stereocenters. The van der Waals surface area contributed by atoms with Crippen molar-refractivity contribution < 1.29 is 16.8 Å². The van der Waals surface area contributed by atoms with Gasteiger partial charge in [-0.05, 0) is 55.3 Å². The van der Waals surface area contributed by atoms with Gasteiger partial charge in [-0.25, -0.2) is 16.8 Å². The van der Waals surface area contributed by atoms with Gasteiger partial charge >= 0.3 is 0 Å². The predicted octanol–water partition coefficient (Wildman–Crippen LogP) is 2.75. The lowest BCUT2D eigenvalue weighted by atomic mass is 10.2. The van der Waals surface area contributed by atoms with E-state index in [1.807, 2.05) is 6.07 Å². The van der Waals surface area contributed by atoms with Crippen molar-refractivity contribution >= 4 is 36.6 Å². The average molecular weight is 406 g/mol. The summed E-state index contributed by atoms with van der Waals surface area (Å²) in [4.78, 5) is 3.15. The molecule has 9 heteroatoms. The molecule has 0 atom stereocenters. The van der Waals surface area contributed by atoms with E-state index in [1.165, 1.54) is 28.6 Å². The summed E-state index contributed by atoms with van der Waals surface area (Å²) in [6.07, 6.45) is 3.43. The van der Waals surface area contributed by atoms with Crippen LogP contribution in [0.2, 0.25) is 0 Å². The van der Waals surface area contributed by atoms with Gasteiger partial charge in [0.1, 0.15) is 0 Å². The van der Waals surface area contributed by atoms with E-state index in [2.05, 4.69) is 9.71 Å². The molecular formula is C18H19N3O4S2. The van der Waals surface area contributed by atoms with Crippen molar-refractivity contribution in [2.24, 2.45) is 0 Å². The summed E-state index contributed by atoms with van der Waals surface area (Å²) in [6.45, 7) is 1.01. The summed E-state index contributed by atoms with van der Waals surface area (Å²) < 4.78 is 54.5. The Morgan fingerprint density at radius 2 is 1.52 bits per heavy atom. The Morgan fingerprint density at radius 1 is 0.852 bits per heavy atom. The van der Waals surface area contributed by atoms with E-state index in [-0.39, 0.29) is 9.79 Å². The fourth-order valence-corrected chi connectivity index (χ4v) is 5.84. The molecule has 0 saturated carbocycles. The molecule has 0 bridgehead atoms. The standard InChI is InChI=1S/C18H19N3O4S2/c22-26(23,20-18-5-3-4-17-16(18)10-11-19-17)14-6-8-15(9-7-14)27(24,25)21-12-1-2-13-21/h3-11,19-20H,1-2,12-13H2. The van der Waals surface area contributed by atoms with Crippen molar-refractivity contribution in [1.29, 1.82) is 0 Å². The second-order valence-corrected chi connectivity index (χ2v) is 10.1. The van der Waals surface area contributed by atoms with Gasteiger partial charge in [-0.1, -0.05) is 6.07 Å². The number of nitrogens with one attached hydrogen (secondary N) is 2. The number of anilines is 1. The van der Waals surface area contributed by atoms with Crippen molar-refractivity contribution in [3.8, 4) is 0 Å². The van der Waals surface area contributed by atoms with Gasteiger partial charge in [0.2, 0.25) is 10.0 Å². The van der Waals surface area contributed by atoms with Crippen LogP contribution in [0.25, 0.3) is 10.9 Å². The summed E-state index contributed by atoms with van der Waals surface area (Å²) in [6, 6.07) is 12.4. The Kier molecular flexibility index (Phi) is 4.45. The van der Waals surface area contributed by atoms with E-state index in [0.717, 1.165) is 23.7 Å². The van der Waals surface area contributed by atoms with E-state index in [0.29, 0.717) is 18.8 Å². The molecular weight excluding hydrogens is 386 g/mol. The van der Waals surface area contributed by atoms with Gasteiger partial charge in [0, 0.05) is 30.2 Å². The third-order valence-electron chi connectivity index (χ3n) is 4.68. The summed E-state index contributed by atoms with van der Waals surface area (Å²) in [5.74, 6) is 0. The Hall–Kier alpha value is -2.36. The first-order valence-electron chi connectivity index (χ1n) is 8.57. The molecule has 4 rings (SSSR count). The molecule has 2 N–H and O–H groups in total. The molecule has 2 heterocycles. The van der Waals surface area contributed by atoms with Crippen LogP contribution >= 0.6 is 0 Å². The zero-order chi connectivity index (χ0) is 19.1. The number of hydrogen-bond donors (Lipinski definition) is 2. The van der Waals surface area contributed by atoms with E-state index in [9.17, 15) is 16.8 Å². The first-order chi connectivity index (χ1) is 12.9. The fourth-order valence-electron chi connectivity index (χ4n) is 3.25. The number of H-pyrrole nitrogens is 1. The molecule has 2 aromatic carbocycles. The van der Waals surface area contributed by atoms with Gasteiger partial charge in [0.05, 0.1) is 15.5 Å². The lowest BCUT2D eigenvalue weighted by molar-refractivity contribution is 0.477. The minimum Gasteiger partial charge on any atom is -0.361 e. The summed E-state index contributed by atoms with van der Waals surface area (Å²) >= 11 is 0. The van der Waals surface area contributed by atoms with Crippen LogP contribution in [0, 0.1) is 0 Å². The molecule has 1 fully saturated rings. The predicted molar refractivity (Wildman–Crippen MR) is 104 cm³/mol. The maximum atomic E-state index is 12.7. The van der Waals surface area contributed by atoms with Crippen molar-refractivity contribution in [1.82, 2.24) is 9.29 Å². The Bertz CT molecular complexity index is 1180. The van der Waals surface area contributed by atoms with Gasteiger partial charge in [-0.3, -0.25) is 4.72 Å². The minimum atomic E-state index is -3.84.